The fraction of sp³-hybridized carbons (Fsp3) is 0.429. The van der Waals surface area contributed by atoms with E-state index in [1.54, 1.807) is 6.07 Å². The summed E-state index contributed by atoms with van der Waals surface area (Å²) in [6.45, 7) is 1.50. The second-order valence-corrected chi connectivity index (χ2v) is 3.42. The second kappa shape index (κ2) is 3.12. The van der Waals surface area contributed by atoms with Crippen LogP contribution in [-0.4, -0.2) is 11.7 Å². The van der Waals surface area contributed by atoms with Crippen LogP contribution in [-0.2, 0) is 0 Å². The van der Waals surface area contributed by atoms with E-state index in [0.717, 1.165) is 4.88 Å². The van der Waals surface area contributed by atoms with Gasteiger partial charge in [0.1, 0.15) is 0 Å². The van der Waals surface area contributed by atoms with Gasteiger partial charge in [-0.1, -0.05) is 0 Å². The highest BCUT2D eigenvalue weighted by Gasteiger charge is 2.08. The average Bonchev–Trinajstić information content (AvgIpc) is 2.34. The fourth-order valence-corrected chi connectivity index (χ4v) is 1.56. The van der Waals surface area contributed by atoms with E-state index in [-0.39, 0.29) is 0 Å². The fourth-order valence-electron chi connectivity index (χ4n) is 0.712. The van der Waals surface area contributed by atoms with Gasteiger partial charge in [0.05, 0.1) is 6.61 Å². The predicted octanol–water partition coefficient (Wildman–Crippen LogP) is 2.06. The molecule has 0 aliphatic carbocycles. The summed E-state index contributed by atoms with van der Waals surface area (Å²) in [6.07, 6.45) is -1.20. The van der Waals surface area contributed by atoms with Gasteiger partial charge in [-0.15, -0.1) is 11.3 Å². The zero-order chi connectivity index (χ0) is 7.56. The van der Waals surface area contributed by atoms with Gasteiger partial charge >= 0.3 is 0 Å². The summed E-state index contributed by atoms with van der Waals surface area (Å²) in [5, 5.41) is 8.43. The Balaban J connectivity index is 2.74. The number of alkyl halides is 1. The van der Waals surface area contributed by atoms with Crippen LogP contribution < -0.4 is 0 Å². The minimum absolute atomic E-state index is 0.417. The lowest BCUT2D eigenvalue weighted by atomic mass is 10.3. The zero-order valence-corrected chi connectivity index (χ0v) is 6.49. The van der Waals surface area contributed by atoms with Gasteiger partial charge in [0.2, 0.25) is 0 Å². The molecule has 0 fully saturated rings. The Morgan fingerprint density at radius 3 is 2.80 bits per heavy atom. The van der Waals surface area contributed by atoms with Crippen LogP contribution in [0.2, 0.25) is 0 Å². The first-order valence-electron chi connectivity index (χ1n) is 3.05. The quantitative estimate of drug-likeness (QED) is 0.702. The van der Waals surface area contributed by atoms with Crippen LogP contribution in [0.15, 0.2) is 12.1 Å². The number of aliphatic hydroxyl groups is 1. The van der Waals surface area contributed by atoms with Crippen molar-refractivity contribution in [3.05, 3.63) is 21.9 Å². The van der Waals surface area contributed by atoms with Crippen LogP contribution in [0.5, 0.6) is 0 Å². The van der Waals surface area contributed by atoms with Gasteiger partial charge in [-0.2, -0.15) is 0 Å². The molecular formula is C7H9FOS. The summed E-state index contributed by atoms with van der Waals surface area (Å²) in [7, 11) is 0. The maximum Gasteiger partial charge on any atom is 0.157 e. The molecule has 0 spiro atoms. The molecule has 1 atom stereocenters. The van der Waals surface area contributed by atoms with Crippen molar-refractivity contribution < 1.29 is 9.50 Å². The van der Waals surface area contributed by atoms with Gasteiger partial charge in [-0.05, 0) is 19.1 Å². The van der Waals surface area contributed by atoms with Crippen molar-refractivity contribution in [2.75, 3.05) is 6.61 Å². The minimum Gasteiger partial charge on any atom is -0.393 e. The highest BCUT2D eigenvalue weighted by Crippen LogP contribution is 2.24. The van der Waals surface area contributed by atoms with Crippen molar-refractivity contribution in [2.45, 2.75) is 13.1 Å². The van der Waals surface area contributed by atoms with E-state index in [0.29, 0.717) is 4.88 Å². The first kappa shape index (κ1) is 7.69. The number of rotatable bonds is 2. The topological polar surface area (TPSA) is 20.2 Å². The lowest BCUT2D eigenvalue weighted by Gasteiger charge is -1.97. The monoisotopic (exact) mass is 160 g/mol. The Hall–Kier alpha value is -0.410. The standard InChI is InChI=1S/C7H9FOS/c1-5-2-3-7(10-5)6(8)4-9/h2-3,6,9H,4H2,1H3. The smallest absolute Gasteiger partial charge is 0.157 e. The average molecular weight is 160 g/mol. The SMILES string of the molecule is Cc1ccc(C(F)CO)s1. The van der Waals surface area contributed by atoms with Crippen molar-refractivity contribution in [1.82, 2.24) is 0 Å². The normalized spacial score (nSPS) is 13.5. The van der Waals surface area contributed by atoms with Gasteiger partial charge in [-0.3, -0.25) is 0 Å². The molecule has 0 aromatic carbocycles. The third kappa shape index (κ3) is 1.55. The van der Waals surface area contributed by atoms with Crippen molar-refractivity contribution >= 4 is 11.3 Å². The van der Waals surface area contributed by atoms with E-state index >= 15 is 0 Å². The summed E-state index contributed by atoms with van der Waals surface area (Å²) in [6, 6.07) is 3.56. The van der Waals surface area contributed by atoms with E-state index in [1.165, 1.54) is 11.3 Å². The Bertz CT molecular complexity index is 209. The highest BCUT2D eigenvalue weighted by atomic mass is 32.1. The van der Waals surface area contributed by atoms with Crippen LogP contribution in [0.4, 0.5) is 4.39 Å². The first-order valence-corrected chi connectivity index (χ1v) is 3.87. The number of hydrogen-bond acceptors (Lipinski definition) is 2. The zero-order valence-electron chi connectivity index (χ0n) is 5.67. The molecule has 1 unspecified atom stereocenters. The molecule has 3 heteroatoms. The molecule has 1 nitrogen and oxygen atoms in total. The van der Waals surface area contributed by atoms with Crippen molar-refractivity contribution in [2.24, 2.45) is 0 Å². The predicted molar refractivity (Wildman–Crippen MR) is 40.0 cm³/mol. The summed E-state index contributed by atoms with van der Waals surface area (Å²) in [4.78, 5) is 1.69. The summed E-state index contributed by atoms with van der Waals surface area (Å²) in [5.41, 5.74) is 0. The number of hydrogen-bond donors (Lipinski definition) is 1. The van der Waals surface area contributed by atoms with Crippen molar-refractivity contribution in [3.63, 3.8) is 0 Å². The largest absolute Gasteiger partial charge is 0.393 e. The number of aryl methyl sites for hydroxylation is 1. The molecule has 1 heterocycles. The lowest BCUT2D eigenvalue weighted by Crippen LogP contribution is -1.92. The Labute approximate surface area is 63.1 Å². The van der Waals surface area contributed by atoms with Gasteiger partial charge in [0, 0.05) is 9.75 Å². The molecule has 1 rings (SSSR count). The molecule has 0 amide bonds. The van der Waals surface area contributed by atoms with Gasteiger partial charge in [0.25, 0.3) is 0 Å². The molecule has 0 aliphatic heterocycles. The molecule has 0 bridgehead atoms. The Kier molecular flexibility index (Phi) is 2.40. The molecule has 10 heavy (non-hydrogen) atoms. The van der Waals surface area contributed by atoms with Gasteiger partial charge in [-0.25, -0.2) is 4.39 Å². The molecule has 56 valence electrons. The van der Waals surface area contributed by atoms with Crippen LogP contribution >= 0.6 is 11.3 Å². The Morgan fingerprint density at radius 2 is 2.40 bits per heavy atom. The van der Waals surface area contributed by atoms with Gasteiger partial charge in [0.15, 0.2) is 6.17 Å². The molecule has 0 radical (unpaired) electrons. The molecule has 1 aromatic heterocycles. The van der Waals surface area contributed by atoms with E-state index in [1.807, 2.05) is 13.0 Å². The second-order valence-electron chi connectivity index (χ2n) is 2.10. The first-order chi connectivity index (χ1) is 4.74. The van der Waals surface area contributed by atoms with Crippen LogP contribution in [0.25, 0.3) is 0 Å². The summed E-state index contributed by atoms with van der Waals surface area (Å²) in [5.74, 6) is 0. The maximum atomic E-state index is 12.6. The number of aliphatic hydroxyl groups excluding tert-OH is 1. The number of thiophene rings is 1. The van der Waals surface area contributed by atoms with Crippen LogP contribution in [0, 0.1) is 6.92 Å². The Morgan fingerprint density at radius 1 is 1.70 bits per heavy atom. The third-order valence-corrected chi connectivity index (χ3v) is 2.32. The molecular weight excluding hydrogens is 151 g/mol. The molecule has 1 aromatic rings. The highest BCUT2D eigenvalue weighted by molar-refractivity contribution is 7.12. The van der Waals surface area contributed by atoms with Crippen LogP contribution in [0.1, 0.15) is 15.9 Å². The molecule has 1 N–H and O–H groups in total. The number of halogens is 1. The minimum atomic E-state index is -1.20. The molecule has 0 aliphatic rings. The van der Waals surface area contributed by atoms with Gasteiger partial charge < -0.3 is 5.11 Å². The maximum absolute atomic E-state index is 12.6. The molecule has 0 saturated heterocycles. The van der Waals surface area contributed by atoms with Crippen LogP contribution in [0.3, 0.4) is 0 Å². The lowest BCUT2D eigenvalue weighted by molar-refractivity contribution is 0.182. The van der Waals surface area contributed by atoms with E-state index in [4.69, 9.17) is 5.11 Å². The van der Waals surface area contributed by atoms with E-state index in [9.17, 15) is 4.39 Å². The summed E-state index contributed by atoms with van der Waals surface area (Å²) < 4.78 is 12.6. The summed E-state index contributed by atoms with van der Waals surface area (Å²) >= 11 is 1.39. The van der Waals surface area contributed by atoms with Crippen molar-refractivity contribution in [3.8, 4) is 0 Å². The van der Waals surface area contributed by atoms with Crippen molar-refractivity contribution in [1.29, 1.82) is 0 Å². The third-order valence-electron chi connectivity index (χ3n) is 1.23. The van der Waals surface area contributed by atoms with E-state index < -0.39 is 12.8 Å². The molecule has 0 saturated carbocycles. The van der Waals surface area contributed by atoms with E-state index in [2.05, 4.69) is 0 Å².